The summed E-state index contributed by atoms with van der Waals surface area (Å²) in [6.07, 6.45) is 6.51. The molecular formula is C20H20N4O. The maximum atomic E-state index is 12.8. The zero-order valence-corrected chi connectivity index (χ0v) is 13.9. The molecule has 0 fully saturated rings. The van der Waals surface area contributed by atoms with E-state index >= 15 is 0 Å². The zero-order chi connectivity index (χ0) is 17.1. The molecule has 126 valence electrons. The number of nitrogens with one attached hydrogen (secondary N) is 1. The molecule has 0 saturated heterocycles. The van der Waals surface area contributed by atoms with Gasteiger partial charge in [-0.1, -0.05) is 36.4 Å². The number of carbonyl (C=O) groups excluding carboxylic acids is 1. The molecule has 0 saturated carbocycles. The van der Waals surface area contributed by atoms with Gasteiger partial charge in [0.25, 0.3) is 0 Å². The molecule has 0 aliphatic carbocycles. The number of imidazole rings is 1. The molecule has 3 heterocycles. The topological polar surface area (TPSA) is 61.9 Å². The zero-order valence-electron chi connectivity index (χ0n) is 13.9. The molecule has 5 heteroatoms. The summed E-state index contributed by atoms with van der Waals surface area (Å²) in [6, 6.07) is 14.2. The third kappa shape index (κ3) is 3.31. The summed E-state index contributed by atoms with van der Waals surface area (Å²) >= 11 is 0. The Hall–Kier alpha value is -2.95. The number of pyridine rings is 1. The molecule has 2 aromatic heterocycles. The first-order valence-corrected chi connectivity index (χ1v) is 8.55. The maximum absolute atomic E-state index is 12.8. The summed E-state index contributed by atoms with van der Waals surface area (Å²) in [5, 5.41) is 0. The Morgan fingerprint density at radius 2 is 2.08 bits per heavy atom. The highest BCUT2D eigenvalue weighted by Gasteiger charge is 2.30. The van der Waals surface area contributed by atoms with Crippen molar-refractivity contribution in [2.75, 3.05) is 6.54 Å². The van der Waals surface area contributed by atoms with Gasteiger partial charge < -0.3 is 9.88 Å². The van der Waals surface area contributed by atoms with Crippen LogP contribution in [-0.2, 0) is 17.8 Å². The van der Waals surface area contributed by atoms with Gasteiger partial charge in [0.15, 0.2) is 0 Å². The highest BCUT2D eigenvalue weighted by atomic mass is 16.2. The Labute approximate surface area is 146 Å². The van der Waals surface area contributed by atoms with Crippen molar-refractivity contribution in [3.05, 3.63) is 83.7 Å². The predicted octanol–water partition coefficient (Wildman–Crippen LogP) is 2.91. The van der Waals surface area contributed by atoms with Gasteiger partial charge in [-0.25, -0.2) is 4.98 Å². The number of hydrogen-bond acceptors (Lipinski definition) is 3. The van der Waals surface area contributed by atoms with Crippen molar-refractivity contribution in [2.45, 2.75) is 25.3 Å². The molecule has 25 heavy (non-hydrogen) atoms. The van der Waals surface area contributed by atoms with E-state index in [1.54, 1.807) is 12.5 Å². The number of amides is 1. The number of rotatable bonds is 4. The number of fused-ring (bicyclic) bond motifs is 1. The van der Waals surface area contributed by atoms with Crippen LogP contribution in [0, 0.1) is 0 Å². The number of aryl methyl sites for hydroxylation is 1. The molecule has 1 amide bonds. The van der Waals surface area contributed by atoms with E-state index in [9.17, 15) is 4.79 Å². The van der Waals surface area contributed by atoms with Gasteiger partial charge in [0.2, 0.25) is 5.91 Å². The molecule has 1 aliphatic rings. The minimum absolute atomic E-state index is 0.124. The lowest BCUT2D eigenvalue weighted by Gasteiger charge is -2.32. The van der Waals surface area contributed by atoms with E-state index in [0.717, 1.165) is 23.4 Å². The number of hydrogen-bond donors (Lipinski definition) is 1. The fourth-order valence-electron chi connectivity index (χ4n) is 3.41. The van der Waals surface area contributed by atoms with Crippen LogP contribution in [0.15, 0.2) is 61.2 Å². The summed E-state index contributed by atoms with van der Waals surface area (Å²) in [5.41, 5.74) is 4.38. The lowest BCUT2D eigenvalue weighted by atomic mass is 9.90. The molecule has 4 rings (SSSR count). The summed E-state index contributed by atoms with van der Waals surface area (Å²) in [6.45, 7) is 1.28. The summed E-state index contributed by atoms with van der Waals surface area (Å²) in [5.74, 6) is 0.295. The normalized spacial score (nSPS) is 16.5. The number of nitrogens with zero attached hydrogens (tertiary/aromatic N) is 3. The van der Waals surface area contributed by atoms with Gasteiger partial charge in [-0.2, -0.15) is 0 Å². The second-order valence-corrected chi connectivity index (χ2v) is 6.37. The first kappa shape index (κ1) is 15.6. The number of benzene rings is 1. The average Bonchev–Trinajstić information content (AvgIpc) is 3.15. The quantitative estimate of drug-likeness (QED) is 0.799. The monoisotopic (exact) mass is 332 g/mol. The molecule has 1 aliphatic heterocycles. The Bertz CT molecular complexity index is 844. The van der Waals surface area contributed by atoms with Crippen molar-refractivity contribution in [1.82, 2.24) is 19.9 Å². The lowest BCUT2D eigenvalue weighted by molar-refractivity contribution is -0.132. The molecular weight excluding hydrogens is 312 g/mol. The predicted molar refractivity (Wildman–Crippen MR) is 94.8 cm³/mol. The Balaban J connectivity index is 1.51. The summed E-state index contributed by atoms with van der Waals surface area (Å²) in [7, 11) is 0. The summed E-state index contributed by atoms with van der Waals surface area (Å²) < 4.78 is 0. The van der Waals surface area contributed by atoms with Crippen LogP contribution in [0.4, 0.5) is 0 Å². The second-order valence-electron chi connectivity index (χ2n) is 6.37. The molecule has 0 radical (unpaired) electrons. The Kier molecular flexibility index (Phi) is 4.29. The average molecular weight is 332 g/mol. The van der Waals surface area contributed by atoms with Crippen LogP contribution < -0.4 is 0 Å². The lowest BCUT2D eigenvalue weighted by Crippen LogP contribution is -2.38. The third-order valence-electron chi connectivity index (χ3n) is 4.74. The number of H-pyrrole nitrogens is 1. The summed E-state index contributed by atoms with van der Waals surface area (Å²) in [4.78, 5) is 26.5. The van der Waals surface area contributed by atoms with Crippen LogP contribution in [0.3, 0.4) is 0 Å². The van der Waals surface area contributed by atoms with Gasteiger partial charge in [0.1, 0.15) is 0 Å². The van der Waals surface area contributed by atoms with Crippen LogP contribution in [0.2, 0.25) is 0 Å². The van der Waals surface area contributed by atoms with Gasteiger partial charge in [-0.15, -0.1) is 0 Å². The molecule has 1 unspecified atom stereocenters. The molecule has 1 atom stereocenters. The number of aromatic amines is 1. The standard InChI is InChI=1S/C20H20N4O/c25-19(9-8-15-5-4-10-21-11-15)24-12-17(16-6-2-1-3-7-16)20-18(13-24)22-14-23-20/h1-7,10-11,14,17H,8-9,12-13H2,(H,22,23). The second kappa shape index (κ2) is 6.89. The van der Waals surface area contributed by atoms with Gasteiger partial charge in [0.05, 0.1) is 24.3 Å². The molecule has 1 aromatic carbocycles. The van der Waals surface area contributed by atoms with Crippen LogP contribution >= 0.6 is 0 Å². The van der Waals surface area contributed by atoms with Gasteiger partial charge in [-0.05, 0) is 23.6 Å². The van der Waals surface area contributed by atoms with Crippen LogP contribution in [-0.4, -0.2) is 32.3 Å². The van der Waals surface area contributed by atoms with E-state index in [0.29, 0.717) is 19.5 Å². The Morgan fingerprint density at radius 1 is 1.20 bits per heavy atom. The van der Waals surface area contributed by atoms with E-state index < -0.39 is 0 Å². The molecule has 0 bridgehead atoms. The highest BCUT2D eigenvalue weighted by molar-refractivity contribution is 5.77. The fourth-order valence-corrected chi connectivity index (χ4v) is 3.41. The first-order chi connectivity index (χ1) is 12.3. The van der Waals surface area contributed by atoms with E-state index in [1.807, 2.05) is 41.4 Å². The van der Waals surface area contributed by atoms with Gasteiger partial charge in [-0.3, -0.25) is 9.78 Å². The molecule has 5 nitrogen and oxygen atoms in total. The van der Waals surface area contributed by atoms with Crippen molar-refractivity contribution in [2.24, 2.45) is 0 Å². The van der Waals surface area contributed by atoms with Crippen molar-refractivity contribution in [3.63, 3.8) is 0 Å². The van der Waals surface area contributed by atoms with Gasteiger partial charge >= 0.3 is 0 Å². The third-order valence-corrected chi connectivity index (χ3v) is 4.74. The molecule has 3 aromatic rings. The van der Waals surface area contributed by atoms with Crippen molar-refractivity contribution >= 4 is 5.91 Å². The minimum Gasteiger partial charge on any atom is -0.347 e. The van der Waals surface area contributed by atoms with E-state index in [-0.39, 0.29) is 11.8 Å². The highest BCUT2D eigenvalue weighted by Crippen LogP contribution is 2.31. The van der Waals surface area contributed by atoms with Crippen molar-refractivity contribution < 1.29 is 4.79 Å². The maximum Gasteiger partial charge on any atom is 0.223 e. The van der Waals surface area contributed by atoms with E-state index in [2.05, 4.69) is 27.1 Å². The Morgan fingerprint density at radius 3 is 2.88 bits per heavy atom. The minimum atomic E-state index is 0.124. The molecule has 0 spiro atoms. The fraction of sp³-hybridized carbons (Fsp3) is 0.250. The van der Waals surface area contributed by atoms with E-state index in [1.165, 1.54) is 5.56 Å². The number of aromatic nitrogens is 3. The number of carbonyl (C=O) groups is 1. The van der Waals surface area contributed by atoms with E-state index in [4.69, 9.17) is 0 Å². The largest absolute Gasteiger partial charge is 0.347 e. The van der Waals surface area contributed by atoms with Crippen LogP contribution in [0.25, 0.3) is 0 Å². The van der Waals surface area contributed by atoms with Crippen LogP contribution in [0.1, 0.15) is 34.9 Å². The van der Waals surface area contributed by atoms with Crippen molar-refractivity contribution in [3.8, 4) is 0 Å². The van der Waals surface area contributed by atoms with Crippen LogP contribution in [0.5, 0.6) is 0 Å². The van der Waals surface area contributed by atoms with Crippen molar-refractivity contribution in [1.29, 1.82) is 0 Å². The first-order valence-electron chi connectivity index (χ1n) is 8.55. The SMILES string of the molecule is O=C(CCc1cccnc1)N1Cc2[nH]cnc2C(c2ccccc2)C1. The smallest absolute Gasteiger partial charge is 0.223 e. The van der Waals surface area contributed by atoms with Gasteiger partial charge in [0, 0.05) is 31.3 Å². The molecule has 1 N–H and O–H groups in total.